The molecule has 2 aromatic heterocycles. The molecule has 1 aliphatic rings. The van der Waals surface area contributed by atoms with Gasteiger partial charge >= 0.3 is 0 Å². The molecule has 0 N–H and O–H groups in total. The van der Waals surface area contributed by atoms with E-state index in [1.165, 1.54) is 5.56 Å². The van der Waals surface area contributed by atoms with Crippen molar-refractivity contribution in [3.63, 3.8) is 0 Å². The second-order valence-electron chi connectivity index (χ2n) is 6.42. The minimum atomic E-state index is -0.0270. The molecule has 3 heterocycles. The van der Waals surface area contributed by atoms with Crippen molar-refractivity contribution in [3.05, 3.63) is 76.3 Å². The highest BCUT2D eigenvalue weighted by Crippen LogP contribution is 2.33. The molecule has 0 radical (unpaired) electrons. The summed E-state index contributed by atoms with van der Waals surface area (Å²) in [7, 11) is 1.68. The van der Waals surface area contributed by atoms with E-state index < -0.39 is 0 Å². The molecule has 1 unspecified atom stereocenters. The van der Waals surface area contributed by atoms with Gasteiger partial charge in [0.2, 0.25) is 0 Å². The number of methoxy groups -OCH3 is 1. The first-order valence-electron chi connectivity index (χ1n) is 8.60. The second-order valence-corrected chi connectivity index (χ2v) is 6.42. The van der Waals surface area contributed by atoms with Crippen LogP contribution in [0.5, 0.6) is 5.75 Å². The van der Waals surface area contributed by atoms with Gasteiger partial charge in [0.05, 0.1) is 12.8 Å². The van der Waals surface area contributed by atoms with Crippen LogP contribution >= 0.6 is 0 Å². The largest absolute Gasteiger partial charge is 0.497 e. The predicted octanol–water partition coefficient (Wildman–Crippen LogP) is 3.04. The number of hydrogen-bond acceptors (Lipinski definition) is 4. The summed E-state index contributed by atoms with van der Waals surface area (Å²) in [6.45, 7) is 1.71. The molecule has 4 rings (SSSR count). The number of ether oxygens (including phenoxy) is 1. The fourth-order valence-electron chi connectivity index (χ4n) is 3.61. The minimum Gasteiger partial charge on any atom is -0.497 e. The molecular weight excluding hydrogens is 314 g/mol. The standard InChI is InChI=1S/C20H21N3O2/c1-25-17-9-7-15(8-10-17)18-5-4-11-22(18)14-16-13-20(24)23-12-3-2-6-19(23)21-16/h2-3,6-10,12-13,18H,4-5,11,14H2,1H3. The highest BCUT2D eigenvalue weighted by molar-refractivity contribution is 5.38. The van der Waals surface area contributed by atoms with Gasteiger partial charge in [0.25, 0.3) is 5.56 Å². The average molecular weight is 335 g/mol. The van der Waals surface area contributed by atoms with Crippen molar-refractivity contribution in [1.29, 1.82) is 0 Å². The summed E-state index contributed by atoms with van der Waals surface area (Å²) in [4.78, 5) is 19.3. The summed E-state index contributed by atoms with van der Waals surface area (Å²) >= 11 is 0. The van der Waals surface area contributed by atoms with Crippen LogP contribution in [0.4, 0.5) is 0 Å². The number of hydrogen-bond donors (Lipinski definition) is 0. The number of rotatable bonds is 4. The van der Waals surface area contributed by atoms with Gasteiger partial charge < -0.3 is 4.74 Å². The van der Waals surface area contributed by atoms with Crippen LogP contribution in [0.2, 0.25) is 0 Å². The Labute approximate surface area is 146 Å². The molecule has 0 amide bonds. The Hall–Kier alpha value is -2.66. The number of fused-ring (bicyclic) bond motifs is 1. The van der Waals surface area contributed by atoms with E-state index >= 15 is 0 Å². The van der Waals surface area contributed by atoms with E-state index in [9.17, 15) is 4.79 Å². The van der Waals surface area contributed by atoms with Crippen LogP contribution in [0.3, 0.4) is 0 Å². The maximum Gasteiger partial charge on any atom is 0.258 e. The summed E-state index contributed by atoms with van der Waals surface area (Å²) in [6.07, 6.45) is 4.03. The smallest absolute Gasteiger partial charge is 0.258 e. The normalized spacial score (nSPS) is 17.9. The Balaban J connectivity index is 1.59. The highest BCUT2D eigenvalue weighted by Gasteiger charge is 2.26. The molecule has 5 heteroatoms. The quantitative estimate of drug-likeness (QED) is 0.735. The lowest BCUT2D eigenvalue weighted by Crippen LogP contribution is -2.25. The van der Waals surface area contributed by atoms with Gasteiger partial charge in [-0.15, -0.1) is 0 Å². The number of likely N-dealkylation sites (tertiary alicyclic amines) is 1. The van der Waals surface area contributed by atoms with Gasteiger partial charge in [-0.3, -0.25) is 14.1 Å². The maximum absolute atomic E-state index is 12.3. The van der Waals surface area contributed by atoms with Crippen LogP contribution in [-0.4, -0.2) is 27.9 Å². The van der Waals surface area contributed by atoms with Crippen molar-refractivity contribution in [2.75, 3.05) is 13.7 Å². The summed E-state index contributed by atoms with van der Waals surface area (Å²) in [5, 5.41) is 0. The van der Waals surface area contributed by atoms with E-state index in [0.717, 1.165) is 30.8 Å². The first kappa shape index (κ1) is 15.8. The Morgan fingerprint density at radius 1 is 1.20 bits per heavy atom. The lowest BCUT2D eigenvalue weighted by Gasteiger charge is -2.24. The molecule has 128 valence electrons. The third kappa shape index (κ3) is 3.15. The summed E-state index contributed by atoms with van der Waals surface area (Å²) in [6, 6.07) is 15.9. The minimum absolute atomic E-state index is 0.0270. The van der Waals surface area contributed by atoms with Crippen molar-refractivity contribution in [3.8, 4) is 5.75 Å². The topological polar surface area (TPSA) is 46.8 Å². The third-order valence-corrected chi connectivity index (χ3v) is 4.85. The molecule has 0 aliphatic carbocycles. The van der Waals surface area contributed by atoms with Crippen LogP contribution in [0, 0.1) is 0 Å². The number of nitrogens with zero attached hydrogens (tertiary/aromatic N) is 3. The first-order valence-corrected chi connectivity index (χ1v) is 8.60. The van der Waals surface area contributed by atoms with Crippen molar-refractivity contribution in [2.24, 2.45) is 0 Å². The van der Waals surface area contributed by atoms with Crippen LogP contribution in [0.15, 0.2) is 59.5 Å². The van der Waals surface area contributed by atoms with Crippen LogP contribution in [-0.2, 0) is 6.54 Å². The van der Waals surface area contributed by atoms with Gasteiger partial charge in [-0.2, -0.15) is 0 Å². The summed E-state index contributed by atoms with van der Waals surface area (Å²) in [5.74, 6) is 0.873. The Kier molecular flexibility index (Phi) is 4.24. The molecule has 5 nitrogen and oxygen atoms in total. The van der Waals surface area contributed by atoms with E-state index in [-0.39, 0.29) is 5.56 Å². The SMILES string of the molecule is COc1ccc(C2CCCN2Cc2cc(=O)n3ccccc3n2)cc1. The van der Waals surface area contributed by atoms with Gasteiger partial charge in [0.15, 0.2) is 0 Å². The lowest BCUT2D eigenvalue weighted by atomic mass is 10.0. The summed E-state index contributed by atoms with van der Waals surface area (Å²) < 4.78 is 6.83. The first-order chi connectivity index (χ1) is 12.2. The Bertz CT molecular complexity index is 934. The number of benzene rings is 1. The maximum atomic E-state index is 12.3. The lowest BCUT2D eigenvalue weighted by molar-refractivity contribution is 0.245. The van der Waals surface area contributed by atoms with Crippen molar-refractivity contribution >= 4 is 5.65 Å². The van der Waals surface area contributed by atoms with E-state index in [2.05, 4.69) is 22.0 Å². The molecule has 0 bridgehead atoms. The Morgan fingerprint density at radius 3 is 2.84 bits per heavy atom. The van der Waals surface area contributed by atoms with Crippen LogP contribution < -0.4 is 10.3 Å². The van der Waals surface area contributed by atoms with Gasteiger partial charge in [-0.1, -0.05) is 18.2 Å². The zero-order valence-electron chi connectivity index (χ0n) is 14.3. The van der Waals surface area contributed by atoms with Crippen LogP contribution in [0.25, 0.3) is 5.65 Å². The average Bonchev–Trinajstić information content (AvgIpc) is 3.10. The molecule has 1 fully saturated rings. The molecule has 1 atom stereocenters. The van der Waals surface area contributed by atoms with E-state index in [0.29, 0.717) is 18.2 Å². The molecule has 25 heavy (non-hydrogen) atoms. The van der Waals surface area contributed by atoms with Gasteiger partial charge in [0.1, 0.15) is 11.4 Å². The summed E-state index contributed by atoms with van der Waals surface area (Å²) in [5.41, 5.74) is 2.79. The zero-order valence-corrected chi connectivity index (χ0v) is 14.3. The van der Waals surface area contributed by atoms with Crippen molar-refractivity contribution in [1.82, 2.24) is 14.3 Å². The van der Waals surface area contributed by atoms with E-state index in [4.69, 9.17) is 4.74 Å². The van der Waals surface area contributed by atoms with Crippen LogP contribution in [0.1, 0.15) is 30.1 Å². The molecule has 0 spiro atoms. The number of aromatic nitrogens is 2. The number of pyridine rings is 1. The van der Waals surface area contributed by atoms with Gasteiger partial charge in [0, 0.05) is 24.8 Å². The molecule has 3 aromatic rings. The fourth-order valence-corrected chi connectivity index (χ4v) is 3.61. The van der Waals surface area contributed by atoms with E-state index in [1.54, 1.807) is 23.8 Å². The van der Waals surface area contributed by atoms with Gasteiger partial charge in [-0.05, 0) is 49.2 Å². The monoisotopic (exact) mass is 335 g/mol. The fraction of sp³-hybridized carbons (Fsp3) is 0.300. The second kappa shape index (κ2) is 6.69. The van der Waals surface area contributed by atoms with Crippen molar-refractivity contribution in [2.45, 2.75) is 25.4 Å². The molecule has 1 saturated heterocycles. The molecular formula is C20H21N3O2. The highest BCUT2D eigenvalue weighted by atomic mass is 16.5. The molecule has 1 aromatic carbocycles. The molecule has 1 aliphatic heterocycles. The Morgan fingerprint density at radius 2 is 2.04 bits per heavy atom. The zero-order chi connectivity index (χ0) is 17.2. The van der Waals surface area contributed by atoms with Crippen molar-refractivity contribution < 1.29 is 4.74 Å². The predicted molar refractivity (Wildman–Crippen MR) is 96.8 cm³/mol. The third-order valence-electron chi connectivity index (χ3n) is 4.85. The molecule has 0 saturated carbocycles. The van der Waals surface area contributed by atoms with E-state index in [1.807, 2.05) is 30.3 Å². The van der Waals surface area contributed by atoms with Gasteiger partial charge in [-0.25, -0.2) is 4.98 Å².